The van der Waals surface area contributed by atoms with E-state index in [1.165, 1.54) is 35.2 Å². The molecule has 2 aromatic rings. The van der Waals surface area contributed by atoms with Crippen molar-refractivity contribution in [3.63, 3.8) is 0 Å². The lowest BCUT2D eigenvalue weighted by atomic mass is 10.2. The lowest BCUT2D eigenvalue weighted by Crippen LogP contribution is -1.94. The molecule has 2 rings (SSSR count). The molecule has 0 bridgehead atoms. The zero-order valence-corrected chi connectivity index (χ0v) is 11.2. The Bertz CT molecular complexity index is 636. The number of carbonyl (C=O) groups is 1. The molecule has 0 aliphatic heterocycles. The molecule has 100 valence electrons. The second-order valence-corrected chi connectivity index (χ2v) is 5.97. The molecule has 0 fully saturated rings. The summed E-state index contributed by atoms with van der Waals surface area (Å²) >= 11 is 2.81. The maximum Gasteiger partial charge on any atom is 0.335 e. The first-order valence-corrected chi connectivity index (χ1v) is 7.14. The summed E-state index contributed by atoms with van der Waals surface area (Å²) in [6.45, 7) is 0. The normalized spacial score (nSPS) is 10.6. The molecule has 1 N–H and O–H groups in total. The van der Waals surface area contributed by atoms with Crippen LogP contribution in [0.2, 0.25) is 0 Å². The molecule has 1 aromatic carbocycles. The van der Waals surface area contributed by atoms with Gasteiger partial charge in [0.25, 0.3) is 6.08 Å². The van der Waals surface area contributed by atoms with Crippen molar-refractivity contribution in [2.75, 3.05) is 5.75 Å². The molecule has 0 spiro atoms. The molecule has 1 heterocycles. The van der Waals surface area contributed by atoms with Crippen LogP contribution in [-0.2, 0) is 0 Å². The summed E-state index contributed by atoms with van der Waals surface area (Å²) in [6, 6.07) is 4.75. The highest BCUT2D eigenvalue weighted by atomic mass is 32.2. The number of allylic oxidation sites excluding steroid dienone is 1. The Morgan fingerprint density at radius 1 is 1.47 bits per heavy atom. The Kier molecular flexibility index (Phi) is 4.49. The third-order valence-electron chi connectivity index (χ3n) is 2.26. The molecule has 3 nitrogen and oxygen atoms in total. The quantitative estimate of drug-likeness (QED) is 0.662. The van der Waals surface area contributed by atoms with Crippen molar-refractivity contribution in [1.29, 1.82) is 0 Å². The number of benzene rings is 1. The van der Waals surface area contributed by atoms with Crippen molar-refractivity contribution in [2.24, 2.45) is 0 Å². The van der Waals surface area contributed by atoms with E-state index >= 15 is 0 Å². The van der Waals surface area contributed by atoms with Crippen LogP contribution in [0.15, 0.2) is 34.7 Å². The van der Waals surface area contributed by atoms with Gasteiger partial charge in [0.15, 0.2) is 4.34 Å². The Morgan fingerprint density at radius 2 is 2.26 bits per heavy atom. The summed E-state index contributed by atoms with van der Waals surface area (Å²) in [5.41, 5.74) is 0.816. The summed E-state index contributed by atoms with van der Waals surface area (Å²) in [5.74, 6) is -0.476. The molecular weight excluding hydrogens is 292 g/mol. The van der Waals surface area contributed by atoms with Gasteiger partial charge in [0.2, 0.25) is 0 Å². The van der Waals surface area contributed by atoms with E-state index in [4.69, 9.17) is 5.11 Å². The molecule has 0 saturated carbocycles. The van der Waals surface area contributed by atoms with E-state index in [0.29, 0.717) is 11.3 Å². The van der Waals surface area contributed by atoms with Gasteiger partial charge in [0.1, 0.15) is 0 Å². The predicted octanol–water partition coefficient (Wildman–Crippen LogP) is 4.26. The number of fused-ring (bicyclic) bond motifs is 1. The fraction of sp³-hybridized carbons (Fsp3) is 0.167. The zero-order valence-electron chi connectivity index (χ0n) is 9.60. The number of hydrogen-bond acceptors (Lipinski definition) is 4. The second kappa shape index (κ2) is 6.12. The number of thiazole rings is 1. The number of aromatic nitrogens is 1. The number of carboxylic acid groups (broad SMARTS) is 1. The van der Waals surface area contributed by atoms with Crippen LogP contribution in [0, 0.1) is 0 Å². The van der Waals surface area contributed by atoms with Gasteiger partial charge in [-0.15, -0.1) is 11.3 Å². The third-order valence-corrected chi connectivity index (χ3v) is 4.47. The van der Waals surface area contributed by atoms with Crippen molar-refractivity contribution in [3.8, 4) is 0 Å². The van der Waals surface area contributed by atoms with E-state index < -0.39 is 12.0 Å². The maximum absolute atomic E-state index is 11.8. The summed E-state index contributed by atoms with van der Waals surface area (Å²) < 4.78 is 25.3. The van der Waals surface area contributed by atoms with Crippen LogP contribution in [-0.4, -0.2) is 21.8 Å². The fourth-order valence-electron chi connectivity index (χ4n) is 1.42. The smallest absolute Gasteiger partial charge is 0.335 e. The van der Waals surface area contributed by atoms with Gasteiger partial charge in [-0.1, -0.05) is 11.8 Å². The van der Waals surface area contributed by atoms with Crippen molar-refractivity contribution in [3.05, 3.63) is 35.9 Å². The molecule has 0 radical (unpaired) electrons. The second-order valence-electron chi connectivity index (χ2n) is 3.60. The van der Waals surface area contributed by atoms with Crippen molar-refractivity contribution in [2.45, 2.75) is 10.8 Å². The molecule has 0 unspecified atom stereocenters. The molecule has 0 aliphatic rings. The average Bonchev–Trinajstić information content (AvgIpc) is 2.75. The SMILES string of the molecule is O=C(O)c1ccc2sc(SCCC=C(F)F)nc2c1. The van der Waals surface area contributed by atoms with Gasteiger partial charge in [-0.05, 0) is 30.7 Å². The highest BCUT2D eigenvalue weighted by Crippen LogP contribution is 2.30. The summed E-state index contributed by atoms with van der Waals surface area (Å²) in [5, 5.41) is 8.87. The van der Waals surface area contributed by atoms with Gasteiger partial charge >= 0.3 is 5.97 Å². The van der Waals surface area contributed by atoms with Crippen LogP contribution in [0.5, 0.6) is 0 Å². The minimum atomic E-state index is -1.67. The number of carboxylic acids is 1. The van der Waals surface area contributed by atoms with Gasteiger partial charge < -0.3 is 5.11 Å². The first kappa shape index (κ1) is 14.0. The Hall–Kier alpha value is -1.47. The first-order valence-electron chi connectivity index (χ1n) is 5.34. The van der Waals surface area contributed by atoms with Gasteiger partial charge in [-0.3, -0.25) is 0 Å². The number of aromatic carboxylic acids is 1. The van der Waals surface area contributed by atoms with Crippen LogP contribution >= 0.6 is 23.1 Å². The zero-order chi connectivity index (χ0) is 13.8. The van der Waals surface area contributed by atoms with Gasteiger partial charge in [-0.25, -0.2) is 9.78 Å². The maximum atomic E-state index is 11.8. The molecule has 0 saturated heterocycles. The van der Waals surface area contributed by atoms with E-state index in [9.17, 15) is 13.6 Å². The van der Waals surface area contributed by atoms with E-state index in [1.54, 1.807) is 6.07 Å². The topological polar surface area (TPSA) is 50.2 Å². The van der Waals surface area contributed by atoms with Gasteiger partial charge in [-0.2, -0.15) is 8.78 Å². The molecular formula is C12H9F2NO2S2. The van der Waals surface area contributed by atoms with Crippen molar-refractivity contribution >= 4 is 39.3 Å². The Balaban J connectivity index is 2.09. The van der Waals surface area contributed by atoms with Crippen LogP contribution in [0.3, 0.4) is 0 Å². The van der Waals surface area contributed by atoms with Crippen molar-refractivity contribution in [1.82, 2.24) is 4.98 Å². The van der Waals surface area contributed by atoms with Crippen LogP contribution in [0.25, 0.3) is 10.2 Å². The van der Waals surface area contributed by atoms with E-state index in [2.05, 4.69) is 4.98 Å². The standard InChI is InChI=1S/C12H9F2NO2S2/c13-10(14)2-1-5-18-12-15-8-6-7(11(16)17)3-4-9(8)19-12/h2-4,6H,1,5H2,(H,16,17). The number of rotatable bonds is 5. The monoisotopic (exact) mass is 301 g/mol. The molecule has 7 heteroatoms. The molecule has 19 heavy (non-hydrogen) atoms. The lowest BCUT2D eigenvalue weighted by Gasteiger charge is -1.92. The van der Waals surface area contributed by atoms with Gasteiger partial charge in [0.05, 0.1) is 15.8 Å². The molecule has 0 atom stereocenters. The summed E-state index contributed by atoms with van der Waals surface area (Å²) in [4.78, 5) is 15.1. The number of nitrogens with zero attached hydrogens (tertiary/aromatic N) is 1. The molecule has 0 aliphatic carbocycles. The lowest BCUT2D eigenvalue weighted by molar-refractivity contribution is 0.0697. The van der Waals surface area contributed by atoms with Crippen LogP contribution in [0.1, 0.15) is 16.8 Å². The number of halogens is 2. The highest BCUT2D eigenvalue weighted by Gasteiger charge is 2.08. The highest BCUT2D eigenvalue weighted by molar-refractivity contribution is 8.01. The predicted molar refractivity (Wildman–Crippen MR) is 72.2 cm³/mol. The Labute approximate surface area is 116 Å². The minimum Gasteiger partial charge on any atom is -0.478 e. The van der Waals surface area contributed by atoms with E-state index in [-0.39, 0.29) is 12.0 Å². The minimum absolute atomic E-state index is 0.191. The molecule has 0 amide bonds. The average molecular weight is 301 g/mol. The summed E-state index contributed by atoms with van der Waals surface area (Å²) in [7, 11) is 0. The Morgan fingerprint density at radius 3 is 2.95 bits per heavy atom. The van der Waals surface area contributed by atoms with Crippen molar-refractivity contribution < 1.29 is 18.7 Å². The van der Waals surface area contributed by atoms with Crippen LogP contribution in [0.4, 0.5) is 8.78 Å². The number of thioether (sulfide) groups is 1. The van der Waals surface area contributed by atoms with Gasteiger partial charge in [0, 0.05) is 5.75 Å². The fourth-order valence-corrected chi connectivity index (χ4v) is 3.42. The van der Waals surface area contributed by atoms with E-state index in [0.717, 1.165) is 15.1 Å². The van der Waals surface area contributed by atoms with Crippen LogP contribution < -0.4 is 0 Å². The largest absolute Gasteiger partial charge is 0.478 e. The number of hydrogen-bond donors (Lipinski definition) is 1. The third kappa shape index (κ3) is 3.74. The molecule has 1 aromatic heterocycles. The van der Waals surface area contributed by atoms with E-state index in [1.807, 2.05) is 0 Å². The first-order chi connectivity index (χ1) is 9.06. The summed E-state index contributed by atoms with van der Waals surface area (Å²) in [6.07, 6.45) is -0.511.